The summed E-state index contributed by atoms with van der Waals surface area (Å²) in [7, 11) is 0. The van der Waals surface area contributed by atoms with Crippen LogP contribution in [0.15, 0.2) is 48.5 Å². The van der Waals surface area contributed by atoms with Gasteiger partial charge in [-0.05, 0) is 58.9 Å². The molecule has 4 atom stereocenters. The summed E-state index contributed by atoms with van der Waals surface area (Å²) in [5.41, 5.74) is 0.853. The summed E-state index contributed by atoms with van der Waals surface area (Å²) in [4.78, 5) is 2.31. The molecule has 1 N–H and O–H groups in total. The summed E-state index contributed by atoms with van der Waals surface area (Å²) in [6.45, 7) is 9.28. The molecule has 2 aromatic carbocycles. The van der Waals surface area contributed by atoms with Crippen LogP contribution in [-0.4, -0.2) is 36.2 Å². The predicted octanol–water partition coefficient (Wildman–Crippen LogP) is 5.46. The molecule has 2 aliphatic heterocycles. The first-order valence-corrected chi connectivity index (χ1v) is 11.8. The van der Waals surface area contributed by atoms with Gasteiger partial charge in [-0.2, -0.15) is 13.2 Å². The number of nitrogens with zero attached hydrogens (tertiary/aromatic N) is 1. The van der Waals surface area contributed by atoms with E-state index in [-0.39, 0.29) is 5.41 Å². The Balaban J connectivity index is 1.24. The smallest absolute Gasteiger partial charge is 0.385 e. The topological polar surface area (TPSA) is 36.0 Å². The Morgan fingerprint density at radius 3 is 2.06 bits per heavy atom. The van der Waals surface area contributed by atoms with Gasteiger partial charge in [0, 0.05) is 19.6 Å². The predicted molar refractivity (Wildman–Crippen MR) is 121 cm³/mol. The van der Waals surface area contributed by atoms with Gasteiger partial charge < -0.3 is 9.84 Å². The Hall–Kier alpha value is -1.89. The molecular weight excluding hydrogens is 427 g/mol. The molecule has 5 rings (SSSR count). The van der Waals surface area contributed by atoms with Gasteiger partial charge in [-0.1, -0.05) is 57.2 Å². The first-order valence-electron chi connectivity index (χ1n) is 11.8. The number of likely N-dealkylation sites (tertiary alicyclic amines) is 1. The van der Waals surface area contributed by atoms with Crippen LogP contribution >= 0.6 is 0 Å². The monoisotopic (exact) mass is 459 g/mol. The van der Waals surface area contributed by atoms with Crippen molar-refractivity contribution >= 4 is 0 Å². The molecule has 0 radical (unpaired) electrons. The minimum atomic E-state index is -4.35. The molecule has 2 aromatic rings. The highest BCUT2D eigenvalue weighted by Gasteiger charge is 2.53. The Labute approximate surface area is 193 Å². The van der Waals surface area contributed by atoms with Crippen LogP contribution in [0.25, 0.3) is 0 Å². The molecule has 2 heterocycles. The van der Waals surface area contributed by atoms with Gasteiger partial charge in [0.05, 0.1) is 17.8 Å². The molecule has 2 saturated heterocycles. The van der Waals surface area contributed by atoms with Crippen molar-refractivity contribution in [3.05, 3.63) is 70.8 Å². The molecule has 3 fully saturated rings. The average molecular weight is 460 g/mol. The van der Waals surface area contributed by atoms with Crippen molar-refractivity contribution in [3.63, 3.8) is 0 Å². The Morgan fingerprint density at radius 1 is 0.939 bits per heavy atom. The second-order valence-electron chi connectivity index (χ2n) is 11.3. The highest BCUT2D eigenvalue weighted by Crippen LogP contribution is 2.50. The molecular formula is C27H32F3NO2. The quantitative estimate of drug-likeness (QED) is 0.617. The summed E-state index contributed by atoms with van der Waals surface area (Å²) in [6.07, 6.45) is -2.91. The number of aliphatic hydroxyl groups is 1. The summed E-state index contributed by atoms with van der Waals surface area (Å²) >= 11 is 0. The van der Waals surface area contributed by atoms with E-state index in [0.717, 1.165) is 37.6 Å². The number of epoxide rings is 1. The van der Waals surface area contributed by atoms with Crippen LogP contribution in [0.2, 0.25) is 0 Å². The van der Waals surface area contributed by atoms with Crippen molar-refractivity contribution < 1.29 is 23.0 Å². The molecule has 1 aliphatic carbocycles. The molecule has 3 nitrogen and oxygen atoms in total. The van der Waals surface area contributed by atoms with Gasteiger partial charge >= 0.3 is 6.18 Å². The number of ether oxygens (including phenoxy) is 1. The fourth-order valence-corrected chi connectivity index (χ4v) is 5.87. The van der Waals surface area contributed by atoms with Gasteiger partial charge in [-0.25, -0.2) is 0 Å². The van der Waals surface area contributed by atoms with Gasteiger partial charge in [0.2, 0.25) is 0 Å². The zero-order valence-electron chi connectivity index (χ0n) is 19.5. The number of rotatable bonds is 4. The molecule has 178 valence electrons. The van der Waals surface area contributed by atoms with Crippen LogP contribution in [0.4, 0.5) is 13.2 Å². The fourth-order valence-electron chi connectivity index (χ4n) is 5.87. The average Bonchev–Trinajstić information content (AvgIpc) is 3.33. The van der Waals surface area contributed by atoms with Gasteiger partial charge in [-0.3, -0.25) is 4.90 Å². The number of alkyl halides is 3. The van der Waals surface area contributed by atoms with Crippen LogP contribution in [-0.2, 0) is 27.5 Å². The van der Waals surface area contributed by atoms with Gasteiger partial charge in [0.25, 0.3) is 0 Å². The third kappa shape index (κ3) is 4.33. The van der Waals surface area contributed by atoms with E-state index in [2.05, 4.69) is 49.9 Å². The first-order chi connectivity index (χ1) is 15.4. The molecule has 0 amide bonds. The number of benzene rings is 2. The molecule has 0 aromatic heterocycles. The van der Waals surface area contributed by atoms with Gasteiger partial charge in [0.15, 0.2) is 0 Å². The van der Waals surface area contributed by atoms with E-state index >= 15 is 0 Å². The lowest BCUT2D eigenvalue weighted by molar-refractivity contribution is -0.137. The largest absolute Gasteiger partial charge is 0.416 e. The maximum Gasteiger partial charge on any atom is 0.416 e. The summed E-state index contributed by atoms with van der Waals surface area (Å²) in [6, 6.07) is 13.9. The van der Waals surface area contributed by atoms with E-state index in [4.69, 9.17) is 4.74 Å². The molecule has 6 heteroatoms. The highest BCUT2D eigenvalue weighted by molar-refractivity contribution is 5.34. The summed E-state index contributed by atoms with van der Waals surface area (Å²) in [5, 5.41) is 11.4. The Bertz CT molecular complexity index is 1010. The fraction of sp³-hybridized carbons (Fsp3) is 0.556. The van der Waals surface area contributed by atoms with E-state index in [0.29, 0.717) is 30.6 Å². The lowest BCUT2D eigenvalue weighted by Crippen LogP contribution is -2.34. The van der Waals surface area contributed by atoms with E-state index in [1.165, 1.54) is 17.7 Å². The summed E-state index contributed by atoms with van der Waals surface area (Å²) < 4.78 is 45.2. The van der Waals surface area contributed by atoms with Crippen molar-refractivity contribution in [2.75, 3.05) is 26.2 Å². The molecule has 0 spiro atoms. The SMILES string of the molecule is CC(C)(C)c1ccc(C2(O)C[C@H]3CN(CC4(c5cccc(C(F)(F)F)c5)CO4)C[C@H]3C2)cc1. The standard InChI is InChI=1S/C27H32F3NO2/c1-24(2,3)20-7-9-21(10-8-20)25(32)12-18-14-31(15-19(18)13-25)16-26(17-33-26)22-5-4-6-23(11-22)27(28,29)30/h4-11,18-19,32H,12-17H2,1-3H3/t18-,19+,25?,26?. The molecule has 0 bridgehead atoms. The third-order valence-corrected chi connectivity index (χ3v) is 7.83. The number of hydrogen-bond donors (Lipinski definition) is 1. The highest BCUT2D eigenvalue weighted by atomic mass is 19.4. The minimum Gasteiger partial charge on any atom is -0.385 e. The Morgan fingerprint density at radius 2 is 1.55 bits per heavy atom. The van der Waals surface area contributed by atoms with Crippen molar-refractivity contribution in [2.24, 2.45) is 11.8 Å². The second-order valence-corrected chi connectivity index (χ2v) is 11.3. The van der Waals surface area contributed by atoms with Crippen LogP contribution in [0.5, 0.6) is 0 Å². The van der Waals surface area contributed by atoms with Crippen LogP contribution in [0, 0.1) is 11.8 Å². The first kappa shape index (κ1) is 22.9. The second kappa shape index (κ2) is 7.56. The van der Waals surface area contributed by atoms with Crippen LogP contribution < -0.4 is 0 Å². The molecule has 3 aliphatic rings. The number of halogens is 3. The molecule has 2 unspecified atom stereocenters. The normalized spacial score (nSPS) is 32.2. The molecule has 1 saturated carbocycles. The zero-order chi connectivity index (χ0) is 23.6. The van der Waals surface area contributed by atoms with Gasteiger partial charge in [0.1, 0.15) is 5.60 Å². The van der Waals surface area contributed by atoms with Crippen molar-refractivity contribution in [1.82, 2.24) is 4.90 Å². The van der Waals surface area contributed by atoms with E-state index in [9.17, 15) is 18.3 Å². The van der Waals surface area contributed by atoms with Crippen LogP contribution in [0.1, 0.15) is 55.9 Å². The van der Waals surface area contributed by atoms with E-state index in [1.54, 1.807) is 6.07 Å². The van der Waals surface area contributed by atoms with Gasteiger partial charge in [-0.15, -0.1) is 0 Å². The number of hydrogen-bond acceptors (Lipinski definition) is 3. The Kier molecular flexibility index (Phi) is 5.24. The molecule has 33 heavy (non-hydrogen) atoms. The third-order valence-electron chi connectivity index (χ3n) is 7.83. The van der Waals surface area contributed by atoms with Crippen molar-refractivity contribution in [2.45, 2.75) is 56.4 Å². The van der Waals surface area contributed by atoms with Crippen molar-refractivity contribution in [3.8, 4) is 0 Å². The maximum absolute atomic E-state index is 13.2. The summed E-state index contributed by atoms with van der Waals surface area (Å²) in [5.74, 6) is 0.768. The van der Waals surface area contributed by atoms with E-state index < -0.39 is 22.9 Å². The maximum atomic E-state index is 13.2. The number of fused-ring (bicyclic) bond motifs is 1. The minimum absolute atomic E-state index is 0.0777. The lowest BCUT2D eigenvalue weighted by atomic mass is 9.84. The van der Waals surface area contributed by atoms with Crippen molar-refractivity contribution in [1.29, 1.82) is 0 Å². The van der Waals surface area contributed by atoms with E-state index in [1.807, 2.05) is 0 Å². The lowest BCUT2D eigenvalue weighted by Gasteiger charge is -2.28. The zero-order valence-corrected chi connectivity index (χ0v) is 19.5. The van der Waals surface area contributed by atoms with Crippen LogP contribution in [0.3, 0.4) is 0 Å².